The molecule has 118 valence electrons. The van der Waals surface area contributed by atoms with Crippen LogP contribution in [0.2, 0.25) is 0 Å². The van der Waals surface area contributed by atoms with Gasteiger partial charge in [0, 0.05) is 25.7 Å². The van der Waals surface area contributed by atoms with E-state index in [9.17, 15) is 5.21 Å². The van der Waals surface area contributed by atoms with Gasteiger partial charge in [-0.25, -0.2) is 0 Å². The van der Waals surface area contributed by atoms with Crippen molar-refractivity contribution in [2.24, 2.45) is 5.90 Å². The van der Waals surface area contributed by atoms with Crippen LogP contribution >= 0.6 is 0 Å². The number of hydroxylamine groups is 4. The largest absolute Gasteiger partial charge is 0.596 e. The van der Waals surface area contributed by atoms with Crippen LogP contribution in [0, 0.1) is 5.21 Å². The monoisotopic (exact) mass is 284 g/mol. The van der Waals surface area contributed by atoms with E-state index in [0.29, 0.717) is 0 Å². The van der Waals surface area contributed by atoms with E-state index in [2.05, 4.69) is 0 Å². The smallest absolute Gasteiger partial charge is 0.121 e. The van der Waals surface area contributed by atoms with Crippen molar-refractivity contribution in [3.63, 3.8) is 0 Å². The first kappa shape index (κ1) is 16.2. The summed E-state index contributed by atoms with van der Waals surface area (Å²) >= 11 is 0. The molecule has 2 aliphatic rings. The molecule has 0 amide bonds. The van der Waals surface area contributed by atoms with Gasteiger partial charge in [-0.15, -0.1) is 4.94 Å². The highest BCUT2D eigenvalue weighted by molar-refractivity contribution is 4.70. The average molecular weight is 284 g/mol. The molecule has 20 heavy (non-hydrogen) atoms. The molecule has 2 aliphatic carbocycles. The third-order valence-corrected chi connectivity index (χ3v) is 5.33. The summed E-state index contributed by atoms with van der Waals surface area (Å²) in [6, 6.07) is 0.120. The second-order valence-electron chi connectivity index (χ2n) is 6.75. The van der Waals surface area contributed by atoms with Gasteiger partial charge in [-0.05, 0) is 25.7 Å². The van der Waals surface area contributed by atoms with E-state index in [1.807, 2.05) is 0 Å². The minimum absolute atomic E-state index is 0.0599. The van der Waals surface area contributed by atoms with E-state index in [-0.39, 0.29) is 12.1 Å². The fourth-order valence-electron chi connectivity index (χ4n) is 4.06. The van der Waals surface area contributed by atoms with Crippen LogP contribution in [-0.2, 0) is 4.94 Å². The fraction of sp³-hybridized carbons (Fsp3) is 1.00. The van der Waals surface area contributed by atoms with Crippen LogP contribution in [0.1, 0.15) is 89.9 Å². The molecule has 0 aliphatic heterocycles. The van der Waals surface area contributed by atoms with E-state index in [0.717, 1.165) is 51.4 Å². The Kier molecular flexibility index (Phi) is 6.75. The zero-order valence-electron chi connectivity index (χ0n) is 12.9. The third-order valence-electron chi connectivity index (χ3n) is 5.33. The van der Waals surface area contributed by atoms with Gasteiger partial charge in [0.2, 0.25) is 0 Å². The highest BCUT2D eigenvalue weighted by Crippen LogP contribution is 2.33. The van der Waals surface area contributed by atoms with E-state index < -0.39 is 4.81 Å². The zero-order chi connectivity index (χ0) is 14.3. The first-order valence-electron chi connectivity index (χ1n) is 8.75. The zero-order valence-corrected chi connectivity index (χ0v) is 12.9. The van der Waals surface area contributed by atoms with Gasteiger partial charge in [-0.3, -0.25) is 0 Å². The molecule has 0 radical (unpaired) electrons. The van der Waals surface area contributed by atoms with Gasteiger partial charge < -0.3 is 5.21 Å². The number of rotatable bonds is 3. The Morgan fingerprint density at radius 3 is 1.25 bits per heavy atom. The van der Waals surface area contributed by atoms with Crippen LogP contribution in [-0.4, -0.2) is 16.9 Å². The van der Waals surface area contributed by atoms with Crippen LogP contribution in [0.4, 0.5) is 0 Å². The Hall–Kier alpha value is -0.160. The van der Waals surface area contributed by atoms with Crippen molar-refractivity contribution in [2.75, 3.05) is 0 Å². The lowest BCUT2D eigenvalue weighted by atomic mass is 9.92. The van der Waals surface area contributed by atoms with E-state index in [1.54, 1.807) is 0 Å². The van der Waals surface area contributed by atoms with Crippen molar-refractivity contribution in [1.29, 1.82) is 0 Å². The summed E-state index contributed by atoms with van der Waals surface area (Å²) in [5.74, 6) is 5.51. The fourth-order valence-corrected chi connectivity index (χ4v) is 4.06. The van der Waals surface area contributed by atoms with E-state index >= 15 is 0 Å². The van der Waals surface area contributed by atoms with Gasteiger partial charge in [0.05, 0.1) is 0 Å². The summed E-state index contributed by atoms with van der Waals surface area (Å²) in [4.78, 5) is 4.52. The van der Waals surface area contributed by atoms with Crippen molar-refractivity contribution in [3.05, 3.63) is 5.21 Å². The van der Waals surface area contributed by atoms with Crippen LogP contribution in [0.5, 0.6) is 0 Å². The van der Waals surface area contributed by atoms with Crippen LogP contribution in [0.25, 0.3) is 0 Å². The van der Waals surface area contributed by atoms with Crippen molar-refractivity contribution >= 4 is 0 Å². The highest BCUT2D eigenvalue weighted by Gasteiger charge is 2.38. The summed E-state index contributed by atoms with van der Waals surface area (Å²) in [6.07, 6.45) is 16.2. The van der Waals surface area contributed by atoms with Gasteiger partial charge in [0.1, 0.15) is 12.1 Å². The Balaban J connectivity index is 2.03. The topological polar surface area (TPSA) is 58.3 Å². The summed E-state index contributed by atoms with van der Waals surface area (Å²) in [6.45, 7) is 0. The average Bonchev–Trinajstić information content (AvgIpc) is 2.37. The summed E-state index contributed by atoms with van der Waals surface area (Å²) in [7, 11) is 0. The minimum atomic E-state index is -0.569. The number of nitrogens with zero attached hydrogens (tertiary/aromatic N) is 1. The summed E-state index contributed by atoms with van der Waals surface area (Å²) < 4.78 is 0. The quantitative estimate of drug-likeness (QED) is 0.620. The van der Waals surface area contributed by atoms with Gasteiger partial charge >= 0.3 is 0 Å². The van der Waals surface area contributed by atoms with E-state index in [1.165, 1.54) is 38.5 Å². The SMILES string of the molecule is NO[N+]([O-])(C1CCCCCCC1)C1CCCCCCC1. The minimum Gasteiger partial charge on any atom is -0.596 e. The van der Waals surface area contributed by atoms with Gasteiger partial charge in [0.25, 0.3) is 0 Å². The molecule has 0 spiro atoms. The summed E-state index contributed by atoms with van der Waals surface area (Å²) in [5, 5.41) is 13.3. The molecule has 0 aromatic rings. The molecule has 0 unspecified atom stereocenters. The van der Waals surface area contributed by atoms with Crippen LogP contribution in [0.15, 0.2) is 0 Å². The second-order valence-corrected chi connectivity index (χ2v) is 6.75. The molecular formula is C16H32N2O2. The predicted molar refractivity (Wildman–Crippen MR) is 81.1 cm³/mol. The number of nitrogens with two attached hydrogens (primary N) is 1. The third kappa shape index (κ3) is 4.17. The molecule has 0 bridgehead atoms. The molecular weight excluding hydrogens is 252 g/mol. The maximum absolute atomic E-state index is 13.3. The first-order valence-corrected chi connectivity index (χ1v) is 8.75. The van der Waals surface area contributed by atoms with Crippen LogP contribution in [0.3, 0.4) is 0 Å². The lowest BCUT2D eigenvalue weighted by Crippen LogP contribution is -2.58. The molecule has 0 heterocycles. The van der Waals surface area contributed by atoms with Crippen molar-refractivity contribution in [1.82, 2.24) is 0 Å². The molecule has 2 N–H and O–H groups in total. The molecule has 0 aromatic carbocycles. The number of quaternary nitrogens is 1. The lowest BCUT2D eigenvalue weighted by Gasteiger charge is -2.49. The normalized spacial score (nSPS) is 25.5. The van der Waals surface area contributed by atoms with Gasteiger partial charge in [-0.2, -0.15) is 10.7 Å². The molecule has 0 saturated heterocycles. The molecule has 4 nitrogen and oxygen atoms in total. The molecule has 0 aromatic heterocycles. The van der Waals surface area contributed by atoms with Crippen LogP contribution < -0.4 is 5.90 Å². The van der Waals surface area contributed by atoms with Gasteiger partial charge in [-0.1, -0.05) is 38.5 Å². The maximum Gasteiger partial charge on any atom is 0.121 e. The van der Waals surface area contributed by atoms with E-state index in [4.69, 9.17) is 10.8 Å². The Bertz CT molecular complexity index is 235. The standard InChI is InChI=1S/C16H32N2O2/c17-20-18(19,15-11-7-3-1-4-8-12-15)16-13-9-5-2-6-10-14-16/h15-16H,1-14,17H2. The first-order chi connectivity index (χ1) is 9.77. The lowest BCUT2D eigenvalue weighted by molar-refractivity contribution is -1.11. The molecule has 2 saturated carbocycles. The second kappa shape index (κ2) is 8.32. The van der Waals surface area contributed by atoms with Crippen molar-refractivity contribution in [2.45, 2.75) is 102 Å². The molecule has 4 heteroatoms. The highest BCUT2D eigenvalue weighted by atomic mass is 17.0. The van der Waals surface area contributed by atoms with Gasteiger partial charge in [0.15, 0.2) is 0 Å². The number of hydrogen-bond donors (Lipinski definition) is 1. The molecule has 0 atom stereocenters. The Morgan fingerprint density at radius 2 is 0.950 bits per heavy atom. The Labute approximate surface area is 123 Å². The molecule has 2 rings (SSSR count). The van der Waals surface area contributed by atoms with Crippen molar-refractivity contribution < 1.29 is 9.75 Å². The predicted octanol–water partition coefficient (Wildman–Crippen LogP) is 4.33. The Morgan fingerprint density at radius 1 is 0.650 bits per heavy atom. The van der Waals surface area contributed by atoms with Crippen molar-refractivity contribution in [3.8, 4) is 0 Å². The molecule has 2 fully saturated rings. The summed E-state index contributed by atoms with van der Waals surface area (Å²) in [5.41, 5.74) is 0. The maximum atomic E-state index is 13.3. The number of hydrogen-bond acceptors (Lipinski definition) is 3.